The second-order valence-corrected chi connectivity index (χ2v) is 5.01. The summed E-state index contributed by atoms with van der Waals surface area (Å²) >= 11 is 0. The predicted molar refractivity (Wildman–Crippen MR) is 63.5 cm³/mol. The topological polar surface area (TPSA) is 12.0 Å². The van der Waals surface area contributed by atoms with Crippen LogP contribution in [0.15, 0.2) is 0 Å². The van der Waals surface area contributed by atoms with Crippen molar-refractivity contribution in [2.75, 3.05) is 6.54 Å². The SMILES string of the molecule is CCCNC(CC1CC1)C(C)CCC. The van der Waals surface area contributed by atoms with E-state index in [2.05, 4.69) is 26.1 Å². The first kappa shape index (κ1) is 12.0. The predicted octanol–water partition coefficient (Wildman–Crippen LogP) is 3.59. The van der Waals surface area contributed by atoms with E-state index in [-0.39, 0.29) is 0 Å². The number of nitrogens with one attached hydrogen (secondary N) is 1. The van der Waals surface area contributed by atoms with Crippen molar-refractivity contribution < 1.29 is 0 Å². The van der Waals surface area contributed by atoms with Crippen LogP contribution in [-0.4, -0.2) is 12.6 Å². The highest BCUT2D eigenvalue weighted by Crippen LogP contribution is 2.35. The first-order chi connectivity index (χ1) is 6.77. The quantitative estimate of drug-likeness (QED) is 0.627. The van der Waals surface area contributed by atoms with Crippen molar-refractivity contribution in [1.82, 2.24) is 5.32 Å². The molecule has 1 heteroatoms. The largest absolute Gasteiger partial charge is 0.314 e. The summed E-state index contributed by atoms with van der Waals surface area (Å²) in [5.41, 5.74) is 0. The van der Waals surface area contributed by atoms with Crippen LogP contribution in [0.2, 0.25) is 0 Å². The highest BCUT2D eigenvalue weighted by Gasteiger charge is 2.27. The normalized spacial score (nSPS) is 20.8. The summed E-state index contributed by atoms with van der Waals surface area (Å²) in [4.78, 5) is 0. The van der Waals surface area contributed by atoms with Crippen molar-refractivity contribution >= 4 is 0 Å². The first-order valence-corrected chi connectivity index (χ1v) is 6.51. The maximum Gasteiger partial charge on any atom is 0.00953 e. The van der Waals surface area contributed by atoms with E-state index in [0.29, 0.717) is 0 Å². The average Bonchev–Trinajstić information content (AvgIpc) is 2.96. The molecule has 0 aliphatic heterocycles. The molecule has 0 bridgehead atoms. The van der Waals surface area contributed by atoms with Crippen LogP contribution in [0.5, 0.6) is 0 Å². The van der Waals surface area contributed by atoms with Gasteiger partial charge < -0.3 is 5.32 Å². The summed E-state index contributed by atoms with van der Waals surface area (Å²) in [5.74, 6) is 1.93. The Morgan fingerprint density at radius 3 is 2.43 bits per heavy atom. The zero-order chi connectivity index (χ0) is 10.4. The molecule has 1 saturated carbocycles. The van der Waals surface area contributed by atoms with E-state index in [1.807, 2.05) is 0 Å². The van der Waals surface area contributed by atoms with E-state index in [4.69, 9.17) is 0 Å². The molecule has 0 saturated heterocycles. The molecule has 0 aromatic carbocycles. The van der Waals surface area contributed by atoms with Gasteiger partial charge in [0.05, 0.1) is 0 Å². The van der Waals surface area contributed by atoms with Crippen molar-refractivity contribution in [3.8, 4) is 0 Å². The zero-order valence-corrected chi connectivity index (χ0v) is 10.2. The smallest absolute Gasteiger partial charge is 0.00953 e. The Hall–Kier alpha value is -0.0400. The minimum atomic E-state index is 0.794. The Morgan fingerprint density at radius 1 is 1.21 bits per heavy atom. The summed E-state index contributed by atoms with van der Waals surface area (Å²) in [6, 6.07) is 0.794. The van der Waals surface area contributed by atoms with Gasteiger partial charge in [-0.3, -0.25) is 0 Å². The summed E-state index contributed by atoms with van der Waals surface area (Å²) in [6.45, 7) is 8.17. The maximum atomic E-state index is 3.73. The Balaban J connectivity index is 2.25. The molecular formula is C13H27N. The summed E-state index contributed by atoms with van der Waals surface area (Å²) in [7, 11) is 0. The molecule has 2 unspecified atom stereocenters. The van der Waals surface area contributed by atoms with Crippen LogP contribution in [0, 0.1) is 11.8 Å². The van der Waals surface area contributed by atoms with E-state index in [1.54, 1.807) is 0 Å². The molecule has 1 fully saturated rings. The van der Waals surface area contributed by atoms with Crippen LogP contribution >= 0.6 is 0 Å². The highest BCUT2D eigenvalue weighted by molar-refractivity contribution is 4.82. The van der Waals surface area contributed by atoms with E-state index in [1.165, 1.54) is 45.1 Å². The maximum absolute atomic E-state index is 3.73. The van der Waals surface area contributed by atoms with Crippen molar-refractivity contribution in [3.63, 3.8) is 0 Å². The fraction of sp³-hybridized carbons (Fsp3) is 1.00. The van der Waals surface area contributed by atoms with E-state index < -0.39 is 0 Å². The molecule has 1 N–H and O–H groups in total. The summed E-state index contributed by atoms with van der Waals surface area (Å²) in [5, 5.41) is 3.73. The van der Waals surface area contributed by atoms with Gasteiger partial charge in [-0.25, -0.2) is 0 Å². The fourth-order valence-electron chi connectivity index (χ4n) is 2.22. The van der Waals surface area contributed by atoms with Gasteiger partial charge in [-0.05, 0) is 37.6 Å². The van der Waals surface area contributed by atoms with Crippen LogP contribution in [0.25, 0.3) is 0 Å². The minimum absolute atomic E-state index is 0.794. The Bertz CT molecular complexity index is 140. The molecule has 0 spiro atoms. The lowest BCUT2D eigenvalue weighted by molar-refractivity contribution is 0.325. The Morgan fingerprint density at radius 2 is 1.93 bits per heavy atom. The van der Waals surface area contributed by atoms with Gasteiger partial charge in [-0.15, -0.1) is 0 Å². The number of rotatable bonds is 8. The molecule has 0 aromatic rings. The molecule has 84 valence electrons. The van der Waals surface area contributed by atoms with Crippen molar-refractivity contribution in [2.45, 2.75) is 65.3 Å². The minimum Gasteiger partial charge on any atom is -0.314 e. The standard InChI is InChI=1S/C13H27N/c1-4-6-11(3)13(14-9-5-2)10-12-7-8-12/h11-14H,4-10H2,1-3H3. The molecule has 0 heterocycles. The van der Waals surface area contributed by atoms with Gasteiger partial charge in [0.25, 0.3) is 0 Å². The van der Waals surface area contributed by atoms with E-state index in [9.17, 15) is 0 Å². The summed E-state index contributed by atoms with van der Waals surface area (Å²) < 4.78 is 0. The third-order valence-electron chi connectivity index (χ3n) is 3.37. The van der Waals surface area contributed by atoms with Gasteiger partial charge in [-0.2, -0.15) is 0 Å². The Labute approximate surface area is 89.7 Å². The van der Waals surface area contributed by atoms with Crippen molar-refractivity contribution in [2.24, 2.45) is 11.8 Å². The molecular weight excluding hydrogens is 170 g/mol. The van der Waals surface area contributed by atoms with Gasteiger partial charge in [-0.1, -0.05) is 40.0 Å². The monoisotopic (exact) mass is 197 g/mol. The fourth-order valence-corrected chi connectivity index (χ4v) is 2.22. The molecule has 0 radical (unpaired) electrons. The lowest BCUT2D eigenvalue weighted by atomic mass is 9.92. The molecule has 1 nitrogen and oxygen atoms in total. The molecule has 1 aliphatic rings. The van der Waals surface area contributed by atoms with Gasteiger partial charge in [0, 0.05) is 6.04 Å². The van der Waals surface area contributed by atoms with Crippen LogP contribution in [0.1, 0.15) is 59.3 Å². The van der Waals surface area contributed by atoms with Gasteiger partial charge in [0.1, 0.15) is 0 Å². The van der Waals surface area contributed by atoms with Crippen LogP contribution in [0.3, 0.4) is 0 Å². The van der Waals surface area contributed by atoms with Crippen LogP contribution < -0.4 is 5.32 Å². The Kier molecular flexibility index (Phi) is 5.54. The molecule has 2 atom stereocenters. The molecule has 0 aromatic heterocycles. The zero-order valence-electron chi connectivity index (χ0n) is 10.2. The average molecular weight is 197 g/mol. The third kappa shape index (κ3) is 4.45. The van der Waals surface area contributed by atoms with Crippen molar-refractivity contribution in [3.05, 3.63) is 0 Å². The van der Waals surface area contributed by atoms with Gasteiger partial charge in [0.15, 0.2) is 0 Å². The molecule has 0 amide bonds. The van der Waals surface area contributed by atoms with Crippen LogP contribution in [0.4, 0.5) is 0 Å². The van der Waals surface area contributed by atoms with E-state index in [0.717, 1.165) is 17.9 Å². The molecule has 14 heavy (non-hydrogen) atoms. The number of hydrogen-bond acceptors (Lipinski definition) is 1. The molecule has 1 rings (SSSR count). The van der Waals surface area contributed by atoms with Gasteiger partial charge >= 0.3 is 0 Å². The lowest BCUT2D eigenvalue weighted by Gasteiger charge is -2.25. The second kappa shape index (κ2) is 6.44. The summed E-state index contributed by atoms with van der Waals surface area (Å²) in [6.07, 6.45) is 8.39. The van der Waals surface area contributed by atoms with Crippen LogP contribution in [-0.2, 0) is 0 Å². The van der Waals surface area contributed by atoms with Crippen molar-refractivity contribution in [1.29, 1.82) is 0 Å². The first-order valence-electron chi connectivity index (χ1n) is 6.51. The molecule has 1 aliphatic carbocycles. The van der Waals surface area contributed by atoms with E-state index >= 15 is 0 Å². The highest BCUT2D eigenvalue weighted by atomic mass is 14.9. The number of hydrogen-bond donors (Lipinski definition) is 1. The third-order valence-corrected chi connectivity index (χ3v) is 3.37. The van der Waals surface area contributed by atoms with Gasteiger partial charge in [0.2, 0.25) is 0 Å². The second-order valence-electron chi connectivity index (χ2n) is 5.01. The lowest BCUT2D eigenvalue weighted by Crippen LogP contribution is -2.36.